The second-order valence-electron chi connectivity index (χ2n) is 11.7. The maximum absolute atomic E-state index is 11.5. The van der Waals surface area contributed by atoms with Crippen LogP contribution in [0, 0.1) is 5.92 Å². The fourth-order valence-electron chi connectivity index (χ4n) is 5.77. The van der Waals surface area contributed by atoms with E-state index in [1.165, 1.54) is 0 Å². The van der Waals surface area contributed by atoms with Gasteiger partial charge in [0.2, 0.25) is 0 Å². The zero-order valence-corrected chi connectivity index (χ0v) is 23.8. The number of aromatic nitrogens is 1. The SMILES string of the molecule is CC1CN(CCC=C2C3=C(C=CC2OCC(C)(C)O)OCc2ncccc2C3)CCC1(O)c1ccc(Cl)cc1. The van der Waals surface area contributed by atoms with Crippen molar-refractivity contribution < 1.29 is 19.7 Å². The second-order valence-corrected chi connectivity index (χ2v) is 12.1. The van der Waals surface area contributed by atoms with Crippen molar-refractivity contribution in [2.75, 3.05) is 26.2 Å². The summed E-state index contributed by atoms with van der Waals surface area (Å²) >= 11 is 6.07. The van der Waals surface area contributed by atoms with Crippen molar-refractivity contribution in [1.29, 1.82) is 0 Å². The molecule has 2 N–H and O–H groups in total. The highest BCUT2D eigenvalue weighted by Gasteiger charge is 2.40. The zero-order chi connectivity index (χ0) is 27.6. The van der Waals surface area contributed by atoms with E-state index < -0.39 is 11.2 Å². The number of pyridine rings is 1. The van der Waals surface area contributed by atoms with Crippen molar-refractivity contribution in [2.24, 2.45) is 5.92 Å². The Labute approximate surface area is 236 Å². The molecule has 0 saturated carbocycles. The van der Waals surface area contributed by atoms with Gasteiger partial charge >= 0.3 is 0 Å². The molecule has 3 unspecified atom stereocenters. The van der Waals surface area contributed by atoms with Gasteiger partial charge in [0.1, 0.15) is 18.5 Å². The molecule has 7 heteroatoms. The van der Waals surface area contributed by atoms with Crippen LogP contribution < -0.4 is 0 Å². The number of fused-ring (bicyclic) bond motifs is 1. The minimum Gasteiger partial charge on any atom is -0.487 e. The molecular formula is C32H39ClN2O4. The van der Waals surface area contributed by atoms with E-state index in [1.807, 2.05) is 48.7 Å². The molecule has 6 nitrogen and oxygen atoms in total. The Hall–Kier alpha value is -2.48. The van der Waals surface area contributed by atoms with Gasteiger partial charge in [0.25, 0.3) is 0 Å². The molecule has 1 aromatic heterocycles. The third-order valence-corrected chi connectivity index (χ3v) is 8.27. The van der Waals surface area contributed by atoms with Crippen molar-refractivity contribution in [3.63, 3.8) is 0 Å². The standard InChI is InChI=1S/C32H39ClN2O4/c1-22-19-35(17-14-32(22,37)24-8-10-25(33)11-9-24)16-5-7-26-27-18-23-6-4-15-34-28(23)20-38-30(27)13-12-29(26)39-21-31(2,3)36/h4,6-13,15,22,29,36-37H,5,14,16-21H2,1-3H3. The molecule has 3 aliphatic rings. The second kappa shape index (κ2) is 11.6. The number of hydrogen-bond acceptors (Lipinski definition) is 6. The van der Waals surface area contributed by atoms with E-state index in [9.17, 15) is 10.2 Å². The molecule has 0 spiro atoms. The fraction of sp³-hybridized carbons (Fsp3) is 0.469. The average Bonchev–Trinajstić information content (AvgIpc) is 3.09. The first-order chi connectivity index (χ1) is 18.6. The predicted octanol–water partition coefficient (Wildman–Crippen LogP) is 5.33. The van der Waals surface area contributed by atoms with E-state index in [2.05, 4.69) is 29.0 Å². The van der Waals surface area contributed by atoms with Gasteiger partial charge < -0.3 is 24.6 Å². The van der Waals surface area contributed by atoms with Gasteiger partial charge in [-0.25, -0.2) is 0 Å². The molecule has 1 aromatic carbocycles. The van der Waals surface area contributed by atoms with Crippen LogP contribution in [0.3, 0.4) is 0 Å². The van der Waals surface area contributed by atoms with Crippen molar-refractivity contribution in [3.05, 3.63) is 99.6 Å². The number of allylic oxidation sites excluding steroid dienone is 1. The number of likely N-dealkylation sites (tertiary alicyclic amines) is 1. The maximum atomic E-state index is 11.5. The molecular weight excluding hydrogens is 512 g/mol. The van der Waals surface area contributed by atoms with Crippen LogP contribution in [0.25, 0.3) is 0 Å². The topological polar surface area (TPSA) is 75.1 Å². The van der Waals surface area contributed by atoms with Crippen LogP contribution in [-0.2, 0) is 28.1 Å². The monoisotopic (exact) mass is 550 g/mol. The summed E-state index contributed by atoms with van der Waals surface area (Å²) in [7, 11) is 0. The van der Waals surface area contributed by atoms with E-state index in [1.54, 1.807) is 13.8 Å². The molecule has 1 saturated heterocycles. The van der Waals surface area contributed by atoms with Crippen LogP contribution in [0.2, 0.25) is 5.02 Å². The molecule has 3 heterocycles. The molecule has 0 radical (unpaired) electrons. The molecule has 5 rings (SSSR count). The lowest BCUT2D eigenvalue weighted by Crippen LogP contribution is -2.49. The normalized spacial score (nSPS) is 26.7. The molecule has 0 bridgehead atoms. The van der Waals surface area contributed by atoms with Gasteiger partial charge in [0, 0.05) is 48.8 Å². The summed E-state index contributed by atoms with van der Waals surface area (Å²) in [5.41, 5.74) is 3.51. The predicted molar refractivity (Wildman–Crippen MR) is 153 cm³/mol. The van der Waals surface area contributed by atoms with Crippen LogP contribution in [0.4, 0.5) is 0 Å². The van der Waals surface area contributed by atoms with Crippen LogP contribution >= 0.6 is 11.6 Å². The van der Waals surface area contributed by atoms with Crippen molar-refractivity contribution in [3.8, 4) is 0 Å². The molecule has 0 amide bonds. The fourth-order valence-corrected chi connectivity index (χ4v) is 5.90. The van der Waals surface area contributed by atoms with E-state index in [0.717, 1.165) is 66.2 Å². The lowest BCUT2D eigenvalue weighted by atomic mass is 9.77. The summed E-state index contributed by atoms with van der Waals surface area (Å²) in [5.74, 6) is 0.955. The van der Waals surface area contributed by atoms with Gasteiger partial charge in [-0.2, -0.15) is 0 Å². The molecule has 1 fully saturated rings. The van der Waals surface area contributed by atoms with E-state index >= 15 is 0 Å². The third kappa shape index (κ3) is 6.47. The van der Waals surface area contributed by atoms with E-state index in [4.69, 9.17) is 21.1 Å². The number of aliphatic hydroxyl groups is 2. The summed E-state index contributed by atoms with van der Waals surface area (Å²) in [5, 5.41) is 22.5. The Bertz CT molecular complexity index is 1260. The minimum absolute atomic E-state index is 0.0918. The lowest BCUT2D eigenvalue weighted by Gasteiger charge is -2.43. The Morgan fingerprint density at radius 3 is 2.79 bits per heavy atom. The molecule has 39 heavy (non-hydrogen) atoms. The van der Waals surface area contributed by atoms with Crippen molar-refractivity contribution in [2.45, 2.75) is 63.9 Å². The first-order valence-corrected chi connectivity index (χ1v) is 14.2. The van der Waals surface area contributed by atoms with E-state index in [0.29, 0.717) is 18.1 Å². The number of piperidine rings is 1. The van der Waals surface area contributed by atoms with Gasteiger partial charge in [0.15, 0.2) is 0 Å². The summed E-state index contributed by atoms with van der Waals surface area (Å²) in [6.07, 6.45) is 10.1. The van der Waals surface area contributed by atoms with Crippen LogP contribution in [0.15, 0.2) is 77.7 Å². The summed E-state index contributed by atoms with van der Waals surface area (Å²) in [4.78, 5) is 6.95. The summed E-state index contributed by atoms with van der Waals surface area (Å²) in [6, 6.07) is 11.7. The lowest BCUT2D eigenvalue weighted by molar-refractivity contribution is -0.0707. The van der Waals surface area contributed by atoms with Crippen molar-refractivity contribution >= 4 is 11.6 Å². The molecule has 208 valence electrons. The Kier molecular flexibility index (Phi) is 8.32. The van der Waals surface area contributed by atoms with Gasteiger partial charge in [-0.15, -0.1) is 0 Å². The Morgan fingerprint density at radius 1 is 1.26 bits per heavy atom. The number of ether oxygens (including phenoxy) is 2. The van der Waals surface area contributed by atoms with Gasteiger partial charge in [-0.3, -0.25) is 4.98 Å². The highest BCUT2D eigenvalue weighted by atomic mass is 35.5. The average molecular weight is 551 g/mol. The number of nitrogens with zero attached hydrogens (tertiary/aromatic N) is 2. The highest BCUT2D eigenvalue weighted by molar-refractivity contribution is 6.30. The zero-order valence-electron chi connectivity index (χ0n) is 23.1. The Balaban J connectivity index is 1.30. The van der Waals surface area contributed by atoms with Gasteiger partial charge in [0.05, 0.1) is 23.5 Å². The first kappa shape index (κ1) is 28.1. The Morgan fingerprint density at radius 2 is 2.05 bits per heavy atom. The first-order valence-electron chi connectivity index (χ1n) is 13.8. The molecule has 3 atom stereocenters. The van der Waals surface area contributed by atoms with Gasteiger partial charge in [-0.1, -0.05) is 42.8 Å². The smallest absolute Gasteiger partial charge is 0.130 e. The van der Waals surface area contributed by atoms with Crippen molar-refractivity contribution in [1.82, 2.24) is 9.88 Å². The molecule has 2 aliphatic heterocycles. The maximum Gasteiger partial charge on any atom is 0.130 e. The van der Waals surface area contributed by atoms with E-state index in [-0.39, 0.29) is 18.6 Å². The third-order valence-electron chi connectivity index (χ3n) is 8.02. The number of halogens is 1. The number of hydrogen-bond donors (Lipinski definition) is 2. The molecule has 2 aromatic rings. The largest absolute Gasteiger partial charge is 0.487 e. The summed E-state index contributed by atoms with van der Waals surface area (Å²) in [6.45, 7) is 8.83. The van der Waals surface area contributed by atoms with Crippen LogP contribution in [-0.4, -0.2) is 58.0 Å². The van der Waals surface area contributed by atoms with Gasteiger partial charge in [-0.05, 0) is 73.7 Å². The number of rotatable bonds is 7. The highest BCUT2D eigenvalue weighted by Crippen LogP contribution is 2.38. The minimum atomic E-state index is -0.922. The summed E-state index contributed by atoms with van der Waals surface area (Å²) < 4.78 is 12.4. The molecule has 1 aliphatic carbocycles. The van der Waals surface area contributed by atoms with Crippen LogP contribution in [0.5, 0.6) is 0 Å². The van der Waals surface area contributed by atoms with Crippen LogP contribution in [0.1, 0.15) is 50.4 Å². The number of benzene rings is 1. The quantitative estimate of drug-likeness (QED) is 0.485.